The fourth-order valence-electron chi connectivity index (χ4n) is 4.16. The van der Waals surface area contributed by atoms with Crippen molar-refractivity contribution < 1.29 is 20.1 Å². The number of aliphatic hydroxyl groups excluding tert-OH is 3. The van der Waals surface area contributed by atoms with Crippen molar-refractivity contribution >= 4 is 5.91 Å². The predicted octanol–water partition coefficient (Wildman–Crippen LogP) is 3.25. The lowest BCUT2D eigenvalue weighted by Crippen LogP contribution is -2.70. The van der Waals surface area contributed by atoms with E-state index in [4.69, 9.17) is 0 Å². The molecule has 1 rings (SSSR count). The molecule has 1 aliphatic rings. The zero-order chi connectivity index (χ0) is 19.5. The van der Waals surface area contributed by atoms with E-state index in [1.165, 1.54) is 39.0 Å². The number of aliphatic hydroxyl groups is 3. The fraction of sp³-hybridized carbons (Fsp3) is 0.952. The highest BCUT2D eigenvalue weighted by molar-refractivity contribution is 5.75. The van der Waals surface area contributed by atoms with Gasteiger partial charge in [-0.1, -0.05) is 65.2 Å². The third kappa shape index (κ3) is 7.93. The van der Waals surface area contributed by atoms with Gasteiger partial charge in [-0.3, -0.25) is 4.79 Å². The first kappa shape index (κ1) is 23.4. The van der Waals surface area contributed by atoms with Crippen molar-refractivity contribution in [1.29, 1.82) is 0 Å². The van der Waals surface area contributed by atoms with Crippen molar-refractivity contribution in [3.8, 4) is 0 Å². The molecule has 4 atom stereocenters. The number of nitrogens with zero attached hydrogens (tertiary/aromatic N) is 1. The number of rotatable bonds is 14. The summed E-state index contributed by atoms with van der Waals surface area (Å²) in [6.07, 6.45) is 11.4. The molecule has 0 saturated carbocycles. The summed E-state index contributed by atoms with van der Waals surface area (Å²) in [5.74, 6) is 0.515. The summed E-state index contributed by atoms with van der Waals surface area (Å²) in [5.41, 5.74) is 0. The molecule has 1 heterocycles. The third-order valence-electron chi connectivity index (χ3n) is 5.58. The second-order valence-electron chi connectivity index (χ2n) is 8.42. The summed E-state index contributed by atoms with van der Waals surface area (Å²) >= 11 is 0. The van der Waals surface area contributed by atoms with E-state index >= 15 is 0 Å². The molecule has 1 aliphatic heterocycles. The molecule has 0 bridgehead atoms. The van der Waals surface area contributed by atoms with E-state index in [0.717, 1.165) is 38.5 Å². The highest BCUT2D eigenvalue weighted by Gasteiger charge is 2.47. The average molecular weight is 372 g/mol. The molecule has 5 heteroatoms. The Labute approximate surface area is 159 Å². The van der Waals surface area contributed by atoms with Crippen molar-refractivity contribution in [3.05, 3.63) is 0 Å². The molecule has 0 aromatic rings. The summed E-state index contributed by atoms with van der Waals surface area (Å²) in [7, 11) is 0. The molecule has 26 heavy (non-hydrogen) atoms. The van der Waals surface area contributed by atoms with E-state index in [1.807, 2.05) is 0 Å². The van der Waals surface area contributed by atoms with Crippen LogP contribution in [-0.4, -0.2) is 57.0 Å². The lowest BCUT2D eigenvalue weighted by molar-refractivity contribution is -0.169. The van der Waals surface area contributed by atoms with Gasteiger partial charge in [-0.15, -0.1) is 0 Å². The maximum atomic E-state index is 11.6. The number of carbonyl (C=O) groups is 1. The van der Waals surface area contributed by atoms with Gasteiger partial charge in [-0.25, -0.2) is 0 Å². The largest absolute Gasteiger partial charge is 0.394 e. The summed E-state index contributed by atoms with van der Waals surface area (Å²) in [5, 5.41) is 29.1. The molecule has 0 aromatic heterocycles. The molecule has 1 amide bonds. The lowest BCUT2D eigenvalue weighted by atomic mass is 9.85. The minimum Gasteiger partial charge on any atom is -0.394 e. The van der Waals surface area contributed by atoms with E-state index in [2.05, 4.69) is 13.8 Å². The summed E-state index contributed by atoms with van der Waals surface area (Å²) < 4.78 is 0. The van der Waals surface area contributed by atoms with Gasteiger partial charge >= 0.3 is 0 Å². The van der Waals surface area contributed by atoms with Crippen LogP contribution in [0.2, 0.25) is 0 Å². The third-order valence-corrected chi connectivity index (χ3v) is 5.58. The Bertz CT molecular complexity index is 388. The van der Waals surface area contributed by atoms with Crippen LogP contribution in [-0.2, 0) is 4.79 Å². The van der Waals surface area contributed by atoms with E-state index in [0.29, 0.717) is 5.92 Å². The van der Waals surface area contributed by atoms with Crippen LogP contribution in [0.4, 0.5) is 0 Å². The fourth-order valence-corrected chi connectivity index (χ4v) is 4.16. The highest BCUT2D eigenvalue weighted by atomic mass is 16.3. The lowest BCUT2D eigenvalue weighted by Gasteiger charge is -2.52. The van der Waals surface area contributed by atoms with Gasteiger partial charge in [-0.05, 0) is 25.2 Å². The standard InChI is InChI=1S/C21H41NO4/c1-16(2)14-18(25)12-10-8-6-4-5-7-9-11-13-19-21(26)20(15-23)22(19)17(3)24/h16,18-21,23,25-26H,4-15H2,1-3H3/t18-,19-,20-,21+/m0/s1. The van der Waals surface area contributed by atoms with Gasteiger partial charge in [0.2, 0.25) is 5.91 Å². The van der Waals surface area contributed by atoms with Gasteiger partial charge in [0.15, 0.2) is 0 Å². The average Bonchev–Trinajstić information content (AvgIpc) is 2.56. The highest BCUT2D eigenvalue weighted by Crippen LogP contribution is 2.30. The summed E-state index contributed by atoms with van der Waals surface area (Å²) in [6, 6.07) is -0.515. The monoisotopic (exact) mass is 371 g/mol. The Kier molecular flexibility index (Phi) is 11.4. The van der Waals surface area contributed by atoms with Crippen LogP contribution < -0.4 is 0 Å². The number of unbranched alkanes of at least 4 members (excludes halogenated alkanes) is 7. The molecular weight excluding hydrogens is 330 g/mol. The van der Waals surface area contributed by atoms with Gasteiger partial charge < -0.3 is 20.2 Å². The Balaban J connectivity index is 1.96. The van der Waals surface area contributed by atoms with Crippen molar-refractivity contribution in [3.63, 3.8) is 0 Å². The van der Waals surface area contributed by atoms with Gasteiger partial charge in [-0.2, -0.15) is 0 Å². The number of hydrogen-bond donors (Lipinski definition) is 3. The molecule has 0 aromatic carbocycles. The predicted molar refractivity (Wildman–Crippen MR) is 105 cm³/mol. The molecule has 154 valence electrons. The zero-order valence-electron chi connectivity index (χ0n) is 17.1. The molecular formula is C21H41NO4. The Hall–Kier alpha value is -0.650. The molecule has 5 nitrogen and oxygen atoms in total. The number of likely N-dealkylation sites (tertiary alicyclic amines) is 1. The van der Waals surface area contributed by atoms with Crippen LogP contribution >= 0.6 is 0 Å². The smallest absolute Gasteiger partial charge is 0.220 e. The van der Waals surface area contributed by atoms with Crippen LogP contribution in [0.5, 0.6) is 0 Å². The minimum atomic E-state index is -0.574. The molecule has 0 unspecified atom stereocenters. The second kappa shape index (κ2) is 12.7. The van der Waals surface area contributed by atoms with Crippen LogP contribution in [0, 0.1) is 5.92 Å². The number of hydrogen-bond acceptors (Lipinski definition) is 4. The van der Waals surface area contributed by atoms with Crippen molar-refractivity contribution in [2.75, 3.05) is 6.61 Å². The molecule has 0 radical (unpaired) electrons. The van der Waals surface area contributed by atoms with E-state index in [1.54, 1.807) is 4.90 Å². The first-order valence-corrected chi connectivity index (χ1v) is 10.6. The quantitative estimate of drug-likeness (QED) is 0.410. The second-order valence-corrected chi connectivity index (χ2v) is 8.42. The van der Waals surface area contributed by atoms with Crippen LogP contribution in [0.15, 0.2) is 0 Å². The molecule has 1 saturated heterocycles. The number of amides is 1. The van der Waals surface area contributed by atoms with Crippen molar-refractivity contribution in [2.24, 2.45) is 5.92 Å². The topological polar surface area (TPSA) is 81.0 Å². The van der Waals surface area contributed by atoms with Crippen molar-refractivity contribution in [2.45, 2.75) is 116 Å². The van der Waals surface area contributed by atoms with E-state index in [9.17, 15) is 20.1 Å². The first-order valence-electron chi connectivity index (χ1n) is 10.6. The normalized spacial score (nSPS) is 24.0. The molecule has 1 fully saturated rings. The SMILES string of the molecule is CC(=O)N1[C@@H](CO)[C@H](O)[C@@H]1CCCCCCCCCC[C@H](O)CC(C)C. The van der Waals surface area contributed by atoms with Gasteiger partial charge in [0.25, 0.3) is 0 Å². The van der Waals surface area contributed by atoms with Crippen molar-refractivity contribution in [1.82, 2.24) is 4.90 Å². The minimum absolute atomic E-state index is 0.0575. The zero-order valence-corrected chi connectivity index (χ0v) is 17.1. The van der Waals surface area contributed by atoms with Gasteiger partial charge in [0.05, 0.1) is 30.9 Å². The van der Waals surface area contributed by atoms with Crippen LogP contribution in [0.1, 0.15) is 91.4 Å². The summed E-state index contributed by atoms with van der Waals surface area (Å²) in [4.78, 5) is 13.2. The van der Waals surface area contributed by atoms with Gasteiger partial charge in [0.1, 0.15) is 0 Å². The first-order chi connectivity index (χ1) is 12.4. The molecule has 0 aliphatic carbocycles. The maximum absolute atomic E-state index is 11.6. The number of carbonyl (C=O) groups excluding carboxylic acids is 1. The Morgan fingerprint density at radius 3 is 2.00 bits per heavy atom. The van der Waals surface area contributed by atoms with Crippen LogP contribution in [0.25, 0.3) is 0 Å². The molecule has 3 N–H and O–H groups in total. The Morgan fingerprint density at radius 1 is 0.962 bits per heavy atom. The van der Waals surface area contributed by atoms with E-state index in [-0.39, 0.29) is 24.7 Å². The Morgan fingerprint density at radius 2 is 1.50 bits per heavy atom. The molecule has 0 spiro atoms. The summed E-state index contributed by atoms with van der Waals surface area (Å²) in [6.45, 7) is 5.64. The van der Waals surface area contributed by atoms with Gasteiger partial charge in [0, 0.05) is 6.92 Å². The van der Waals surface area contributed by atoms with E-state index < -0.39 is 12.1 Å². The van der Waals surface area contributed by atoms with Crippen LogP contribution in [0.3, 0.4) is 0 Å². The maximum Gasteiger partial charge on any atom is 0.220 e.